The van der Waals surface area contributed by atoms with Gasteiger partial charge in [-0.05, 0) is 71.9 Å². The number of nitrogens with one attached hydrogen (secondary N) is 1. The molecule has 0 saturated carbocycles. The first-order valence-corrected chi connectivity index (χ1v) is 8.92. The zero-order valence-corrected chi connectivity index (χ0v) is 14.8. The summed E-state index contributed by atoms with van der Waals surface area (Å²) in [5.41, 5.74) is 2.66. The standard InChI is InChI=1S/C17H23IN2O/c1-3-15(20-21-2)17-14(10-13-8-9-16(17)19-13)11-4-6-12(18)7-5-11/h4-7,13-14,16-17,19H,3,8-10H2,1-2H3/t13?,14-,16-,17+/m0/s1. The van der Waals surface area contributed by atoms with E-state index in [1.807, 2.05) is 0 Å². The van der Waals surface area contributed by atoms with Crippen molar-refractivity contribution in [3.05, 3.63) is 33.4 Å². The maximum Gasteiger partial charge on any atom is 0.106 e. The molecule has 2 aliphatic heterocycles. The van der Waals surface area contributed by atoms with E-state index in [0.29, 0.717) is 23.9 Å². The highest BCUT2D eigenvalue weighted by Gasteiger charge is 2.44. The Bertz CT molecular complexity index is 514. The number of nitrogens with zero attached hydrogens (tertiary/aromatic N) is 1. The van der Waals surface area contributed by atoms with Crippen molar-refractivity contribution >= 4 is 28.3 Å². The van der Waals surface area contributed by atoms with Crippen LogP contribution in [0, 0.1) is 9.49 Å². The molecule has 2 saturated heterocycles. The van der Waals surface area contributed by atoms with Crippen LogP contribution in [0.2, 0.25) is 0 Å². The molecule has 0 amide bonds. The lowest BCUT2D eigenvalue weighted by Gasteiger charge is -2.38. The number of oxime groups is 1. The van der Waals surface area contributed by atoms with Gasteiger partial charge in [0, 0.05) is 21.6 Å². The highest BCUT2D eigenvalue weighted by atomic mass is 127. The Balaban J connectivity index is 1.95. The van der Waals surface area contributed by atoms with Crippen molar-refractivity contribution in [2.24, 2.45) is 11.1 Å². The zero-order valence-electron chi connectivity index (χ0n) is 12.7. The number of hydrogen-bond acceptors (Lipinski definition) is 3. The zero-order chi connectivity index (χ0) is 14.8. The molecular formula is C17H23IN2O. The fourth-order valence-electron chi connectivity index (χ4n) is 4.05. The summed E-state index contributed by atoms with van der Waals surface area (Å²) in [4.78, 5) is 5.12. The van der Waals surface area contributed by atoms with Crippen LogP contribution in [-0.2, 0) is 4.84 Å². The first kappa shape index (κ1) is 15.3. The van der Waals surface area contributed by atoms with Crippen molar-refractivity contribution < 1.29 is 4.84 Å². The highest BCUT2D eigenvalue weighted by molar-refractivity contribution is 14.1. The molecule has 1 aromatic rings. The van der Waals surface area contributed by atoms with Gasteiger partial charge in [0.1, 0.15) is 7.11 Å². The fraction of sp³-hybridized carbons (Fsp3) is 0.588. The normalized spacial score (nSPS) is 32.2. The Morgan fingerprint density at radius 2 is 2.10 bits per heavy atom. The van der Waals surface area contributed by atoms with Crippen molar-refractivity contribution in [1.82, 2.24) is 5.32 Å². The highest BCUT2D eigenvalue weighted by Crippen LogP contribution is 2.43. The van der Waals surface area contributed by atoms with Gasteiger partial charge >= 0.3 is 0 Å². The van der Waals surface area contributed by atoms with Crippen LogP contribution >= 0.6 is 22.6 Å². The van der Waals surface area contributed by atoms with Gasteiger partial charge in [0.05, 0.1) is 5.71 Å². The Morgan fingerprint density at radius 1 is 1.33 bits per heavy atom. The predicted octanol–water partition coefficient (Wildman–Crippen LogP) is 3.93. The Labute approximate surface area is 140 Å². The van der Waals surface area contributed by atoms with E-state index in [1.54, 1.807) is 7.11 Å². The molecule has 114 valence electrons. The van der Waals surface area contributed by atoms with Crippen LogP contribution in [0.1, 0.15) is 44.1 Å². The van der Waals surface area contributed by atoms with Crippen molar-refractivity contribution in [3.63, 3.8) is 0 Å². The molecule has 0 aromatic heterocycles. The average molecular weight is 398 g/mol. The second-order valence-electron chi connectivity index (χ2n) is 6.09. The summed E-state index contributed by atoms with van der Waals surface area (Å²) in [7, 11) is 1.66. The van der Waals surface area contributed by atoms with Crippen molar-refractivity contribution in [2.45, 2.75) is 50.6 Å². The Hall–Kier alpha value is -0.620. The molecule has 0 spiro atoms. The summed E-state index contributed by atoms with van der Waals surface area (Å²) in [6.45, 7) is 2.18. The van der Waals surface area contributed by atoms with Crippen LogP contribution in [0.15, 0.2) is 29.4 Å². The molecule has 3 rings (SSSR count). The molecule has 2 fully saturated rings. The lowest BCUT2D eigenvalue weighted by atomic mass is 9.74. The summed E-state index contributed by atoms with van der Waals surface area (Å²) in [5.74, 6) is 1.03. The molecule has 1 unspecified atom stereocenters. The summed E-state index contributed by atoms with van der Waals surface area (Å²) in [6, 6.07) is 10.3. The quantitative estimate of drug-likeness (QED) is 0.474. The van der Waals surface area contributed by atoms with Crippen molar-refractivity contribution in [3.8, 4) is 0 Å². The molecule has 0 radical (unpaired) electrons. The molecule has 4 heteroatoms. The second-order valence-corrected chi connectivity index (χ2v) is 7.33. The largest absolute Gasteiger partial charge is 0.399 e. The SMILES string of the molecule is CCC(=NOC)[C@@H]1[C@@H]2CCC(C[C@H]1c1ccc(I)cc1)N2. The van der Waals surface area contributed by atoms with Gasteiger partial charge in [-0.1, -0.05) is 24.2 Å². The smallest absolute Gasteiger partial charge is 0.106 e. The first-order chi connectivity index (χ1) is 10.2. The van der Waals surface area contributed by atoms with Crippen LogP contribution in [0.5, 0.6) is 0 Å². The molecule has 4 atom stereocenters. The molecular weight excluding hydrogens is 375 g/mol. The minimum Gasteiger partial charge on any atom is -0.399 e. The van der Waals surface area contributed by atoms with E-state index in [9.17, 15) is 0 Å². The summed E-state index contributed by atoms with van der Waals surface area (Å²) in [6.07, 6.45) is 4.73. The van der Waals surface area contributed by atoms with E-state index in [4.69, 9.17) is 4.84 Å². The van der Waals surface area contributed by atoms with E-state index < -0.39 is 0 Å². The van der Waals surface area contributed by atoms with Crippen LogP contribution in [0.25, 0.3) is 0 Å². The fourth-order valence-corrected chi connectivity index (χ4v) is 4.41. The van der Waals surface area contributed by atoms with Crippen LogP contribution in [-0.4, -0.2) is 24.9 Å². The van der Waals surface area contributed by atoms with Crippen LogP contribution in [0.3, 0.4) is 0 Å². The van der Waals surface area contributed by atoms with Gasteiger partial charge in [-0.3, -0.25) is 0 Å². The number of rotatable bonds is 4. The molecule has 21 heavy (non-hydrogen) atoms. The lowest BCUT2D eigenvalue weighted by molar-refractivity contribution is 0.204. The lowest BCUT2D eigenvalue weighted by Crippen LogP contribution is -2.47. The minimum atomic E-state index is 0.466. The van der Waals surface area contributed by atoms with Gasteiger partial charge in [0.25, 0.3) is 0 Å². The molecule has 1 aromatic carbocycles. The molecule has 0 aliphatic carbocycles. The summed E-state index contributed by atoms with van der Waals surface area (Å²) in [5, 5.41) is 8.14. The number of benzene rings is 1. The third-order valence-corrected chi connectivity index (χ3v) is 5.65. The van der Waals surface area contributed by atoms with Gasteiger partial charge in [-0.15, -0.1) is 0 Å². The van der Waals surface area contributed by atoms with Gasteiger partial charge in [-0.2, -0.15) is 0 Å². The number of hydrogen-bond donors (Lipinski definition) is 1. The Morgan fingerprint density at radius 3 is 2.76 bits per heavy atom. The van der Waals surface area contributed by atoms with E-state index in [1.165, 1.54) is 34.1 Å². The van der Waals surface area contributed by atoms with Crippen LogP contribution < -0.4 is 5.32 Å². The average Bonchev–Trinajstić information content (AvgIpc) is 2.88. The van der Waals surface area contributed by atoms with Crippen molar-refractivity contribution in [1.29, 1.82) is 0 Å². The van der Waals surface area contributed by atoms with Gasteiger partial charge in [0.2, 0.25) is 0 Å². The third kappa shape index (κ3) is 3.11. The molecule has 2 bridgehead atoms. The van der Waals surface area contributed by atoms with E-state index in [0.717, 1.165) is 6.42 Å². The maximum atomic E-state index is 5.12. The van der Waals surface area contributed by atoms with Gasteiger partial charge in [-0.25, -0.2) is 0 Å². The number of piperidine rings is 1. The topological polar surface area (TPSA) is 33.6 Å². The molecule has 2 heterocycles. The van der Waals surface area contributed by atoms with E-state index in [-0.39, 0.29) is 0 Å². The second kappa shape index (κ2) is 6.65. The van der Waals surface area contributed by atoms with Gasteiger partial charge in [0.15, 0.2) is 0 Å². The summed E-state index contributed by atoms with van der Waals surface area (Å²) >= 11 is 2.37. The van der Waals surface area contributed by atoms with E-state index in [2.05, 4.69) is 64.3 Å². The molecule has 3 nitrogen and oxygen atoms in total. The predicted molar refractivity (Wildman–Crippen MR) is 94.7 cm³/mol. The van der Waals surface area contributed by atoms with E-state index >= 15 is 0 Å². The monoisotopic (exact) mass is 398 g/mol. The Kier molecular flexibility index (Phi) is 4.84. The van der Waals surface area contributed by atoms with Gasteiger partial charge < -0.3 is 10.2 Å². The molecule has 2 aliphatic rings. The number of fused-ring (bicyclic) bond motifs is 2. The maximum absolute atomic E-state index is 5.12. The summed E-state index contributed by atoms with van der Waals surface area (Å²) < 4.78 is 1.30. The first-order valence-electron chi connectivity index (χ1n) is 7.84. The van der Waals surface area contributed by atoms with Crippen LogP contribution in [0.4, 0.5) is 0 Å². The molecule has 1 N–H and O–H groups in total. The third-order valence-electron chi connectivity index (χ3n) is 4.94. The van der Waals surface area contributed by atoms with Crippen molar-refractivity contribution in [2.75, 3.05) is 7.11 Å². The minimum absolute atomic E-state index is 0.466. The number of halogens is 1.